The molecule has 0 aliphatic carbocycles. The minimum absolute atomic E-state index is 0.0521. The van der Waals surface area contributed by atoms with Crippen molar-refractivity contribution in [1.82, 2.24) is 14.8 Å². The Kier molecular flexibility index (Phi) is 5.47. The first kappa shape index (κ1) is 18.0. The highest BCUT2D eigenvalue weighted by molar-refractivity contribution is 5.92. The third kappa shape index (κ3) is 4.06. The Hall–Kier alpha value is -1.82. The summed E-state index contributed by atoms with van der Waals surface area (Å²) < 4.78 is 5.11. The number of carbonyl (C=O) groups excluding carboxylic acids is 2. The number of amides is 2. The van der Waals surface area contributed by atoms with Crippen molar-refractivity contribution >= 4 is 11.8 Å². The van der Waals surface area contributed by atoms with Crippen molar-refractivity contribution in [3.05, 3.63) is 23.5 Å². The maximum absolute atomic E-state index is 12.8. The molecular weight excluding hydrogens is 318 g/mol. The van der Waals surface area contributed by atoms with Gasteiger partial charge in [0.05, 0.1) is 0 Å². The average molecular weight is 347 g/mol. The molecule has 138 valence electrons. The summed E-state index contributed by atoms with van der Waals surface area (Å²) in [5, 5.41) is 0. The molecule has 6 nitrogen and oxygen atoms in total. The van der Waals surface area contributed by atoms with E-state index in [-0.39, 0.29) is 17.2 Å². The standard InChI is InChI=1S/C19H29N3O3/c1-15-11-16(20-12-15)18(24)22-8-3-6-19(14-22)7-5-17(23)21(13-19)9-4-10-25-2/h11-12,20H,3-10,13-14H2,1-2H3/t19-/m0/s1. The molecule has 0 unspecified atom stereocenters. The van der Waals surface area contributed by atoms with Gasteiger partial charge in [0, 0.05) is 57.9 Å². The van der Waals surface area contributed by atoms with Gasteiger partial charge in [0.1, 0.15) is 5.69 Å². The summed E-state index contributed by atoms with van der Waals surface area (Å²) in [5.74, 6) is 0.320. The lowest BCUT2D eigenvalue weighted by Gasteiger charge is -2.48. The fourth-order valence-electron chi connectivity index (χ4n) is 4.22. The van der Waals surface area contributed by atoms with Gasteiger partial charge in [0.15, 0.2) is 0 Å². The number of nitrogens with zero attached hydrogens (tertiary/aromatic N) is 2. The van der Waals surface area contributed by atoms with Gasteiger partial charge in [-0.15, -0.1) is 0 Å². The van der Waals surface area contributed by atoms with Crippen LogP contribution in [0.5, 0.6) is 0 Å². The van der Waals surface area contributed by atoms with Crippen molar-refractivity contribution in [3.63, 3.8) is 0 Å². The van der Waals surface area contributed by atoms with Crippen molar-refractivity contribution in [2.45, 2.75) is 39.0 Å². The van der Waals surface area contributed by atoms with Crippen LogP contribution in [0.1, 0.15) is 48.2 Å². The first-order valence-electron chi connectivity index (χ1n) is 9.24. The van der Waals surface area contributed by atoms with Crippen LogP contribution in [-0.4, -0.2) is 66.5 Å². The molecule has 25 heavy (non-hydrogen) atoms. The van der Waals surface area contributed by atoms with E-state index in [9.17, 15) is 9.59 Å². The first-order chi connectivity index (χ1) is 12.0. The largest absolute Gasteiger partial charge is 0.385 e. The van der Waals surface area contributed by atoms with E-state index in [1.54, 1.807) is 7.11 Å². The Morgan fingerprint density at radius 3 is 2.92 bits per heavy atom. The van der Waals surface area contributed by atoms with E-state index in [0.29, 0.717) is 18.7 Å². The van der Waals surface area contributed by atoms with Crippen LogP contribution in [0.3, 0.4) is 0 Å². The van der Waals surface area contributed by atoms with Crippen LogP contribution in [0.25, 0.3) is 0 Å². The predicted octanol–water partition coefficient (Wildman–Crippen LogP) is 2.20. The zero-order chi connectivity index (χ0) is 17.9. The lowest BCUT2D eigenvalue weighted by atomic mass is 9.73. The molecule has 1 aromatic heterocycles. The number of piperidine rings is 2. The number of H-pyrrole nitrogens is 1. The summed E-state index contributed by atoms with van der Waals surface area (Å²) in [4.78, 5) is 32.1. The quantitative estimate of drug-likeness (QED) is 0.831. The van der Waals surface area contributed by atoms with Crippen molar-refractivity contribution in [2.24, 2.45) is 5.41 Å². The van der Waals surface area contributed by atoms with Gasteiger partial charge in [0.2, 0.25) is 5.91 Å². The van der Waals surface area contributed by atoms with Crippen LogP contribution in [-0.2, 0) is 9.53 Å². The third-order valence-corrected chi connectivity index (χ3v) is 5.53. The Bertz CT molecular complexity index is 627. The molecule has 1 N–H and O–H groups in total. The van der Waals surface area contributed by atoms with Gasteiger partial charge >= 0.3 is 0 Å². The third-order valence-electron chi connectivity index (χ3n) is 5.53. The second kappa shape index (κ2) is 7.60. The lowest BCUT2D eigenvalue weighted by Crippen LogP contribution is -2.55. The molecule has 2 fully saturated rings. The number of methoxy groups -OCH3 is 1. The van der Waals surface area contributed by atoms with Crippen LogP contribution >= 0.6 is 0 Å². The van der Waals surface area contributed by atoms with E-state index < -0.39 is 0 Å². The molecule has 1 spiro atoms. The molecule has 0 saturated carbocycles. The van der Waals surface area contributed by atoms with Gasteiger partial charge in [-0.3, -0.25) is 9.59 Å². The van der Waals surface area contributed by atoms with Crippen LogP contribution < -0.4 is 0 Å². The average Bonchev–Trinajstić information content (AvgIpc) is 3.04. The van der Waals surface area contributed by atoms with Crippen molar-refractivity contribution in [2.75, 3.05) is 39.9 Å². The second-order valence-electron chi connectivity index (χ2n) is 7.58. The fourth-order valence-corrected chi connectivity index (χ4v) is 4.22. The molecule has 2 aliphatic heterocycles. The number of aromatic amines is 1. The maximum Gasteiger partial charge on any atom is 0.270 e. The molecule has 2 amide bonds. The Labute approximate surface area is 149 Å². The number of rotatable bonds is 5. The number of ether oxygens (including phenoxy) is 1. The number of aryl methyl sites for hydroxylation is 1. The molecule has 2 aliphatic rings. The molecule has 6 heteroatoms. The minimum Gasteiger partial charge on any atom is -0.385 e. The second-order valence-corrected chi connectivity index (χ2v) is 7.58. The van der Waals surface area contributed by atoms with Gasteiger partial charge in [0.25, 0.3) is 5.91 Å². The number of likely N-dealkylation sites (tertiary alicyclic amines) is 2. The summed E-state index contributed by atoms with van der Waals surface area (Å²) in [6, 6.07) is 1.91. The maximum atomic E-state index is 12.8. The Balaban J connectivity index is 1.66. The van der Waals surface area contributed by atoms with Gasteiger partial charge in [-0.25, -0.2) is 0 Å². The number of aromatic nitrogens is 1. The molecule has 0 radical (unpaired) electrons. The smallest absolute Gasteiger partial charge is 0.270 e. The molecule has 0 aromatic carbocycles. The summed E-state index contributed by atoms with van der Waals surface area (Å²) in [5.41, 5.74) is 1.79. The lowest BCUT2D eigenvalue weighted by molar-refractivity contribution is -0.139. The van der Waals surface area contributed by atoms with E-state index in [1.807, 2.05) is 29.0 Å². The molecule has 1 atom stereocenters. The highest BCUT2D eigenvalue weighted by atomic mass is 16.5. The topological polar surface area (TPSA) is 65.6 Å². The molecule has 1 aromatic rings. The Morgan fingerprint density at radius 2 is 2.20 bits per heavy atom. The van der Waals surface area contributed by atoms with Crippen LogP contribution in [0.2, 0.25) is 0 Å². The Morgan fingerprint density at radius 1 is 1.36 bits per heavy atom. The fraction of sp³-hybridized carbons (Fsp3) is 0.684. The molecule has 0 bridgehead atoms. The molecule has 3 heterocycles. The SMILES string of the molecule is COCCCN1C[C@]2(CCCN(C(=O)c3cc(C)c[nH]3)C2)CCC1=O. The minimum atomic E-state index is 0.0521. The summed E-state index contributed by atoms with van der Waals surface area (Å²) in [6.07, 6.45) is 6.31. The highest BCUT2D eigenvalue weighted by Crippen LogP contribution is 2.39. The van der Waals surface area contributed by atoms with E-state index >= 15 is 0 Å². The zero-order valence-corrected chi connectivity index (χ0v) is 15.3. The number of carbonyl (C=O) groups is 2. The normalized spacial score (nSPS) is 24.2. The highest BCUT2D eigenvalue weighted by Gasteiger charge is 2.42. The van der Waals surface area contributed by atoms with E-state index in [4.69, 9.17) is 4.74 Å². The van der Waals surface area contributed by atoms with Gasteiger partial charge < -0.3 is 19.5 Å². The van der Waals surface area contributed by atoms with Crippen molar-refractivity contribution in [1.29, 1.82) is 0 Å². The first-order valence-corrected chi connectivity index (χ1v) is 9.24. The van der Waals surface area contributed by atoms with E-state index in [0.717, 1.165) is 57.4 Å². The van der Waals surface area contributed by atoms with Gasteiger partial charge in [-0.05, 0) is 44.2 Å². The number of nitrogens with one attached hydrogen (secondary N) is 1. The van der Waals surface area contributed by atoms with Crippen molar-refractivity contribution < 1.29 is 14.3 Å². The summed E-state index contributed by atoms with van der Waals surface area (Å²) >= 11 is 0. The van der Waals surface area contributed by atoms with Crippen molar-refractivity contribution in [3.8, 4) is 0 Å². The predicted molar refractivity (Wildman–Crippen MR) is 95.4 cm³/mol. The van der Waals surface area contributed by atoms with E-state index in [1.165, 1.54) is 0 Å². The van der Waals surface area contributed by atoms with Crippen LogP contribution in [0, 0.1) is 12.3 Å². The van der Waals surface area contributed by atoms with Crippen LogP contribution in [0.15, 0.2) is 12.3 Å². The zero-order valence-electron chi connectivity index (χ0n) is 15.3. The van der Waals surface area contributed by atoms with Gasteiger partial charge in [-0.1, -0.05) is 0 Å². The number of hydrogen-bond donors (Lipinski definition) is 1. The summed E-state index contributed by atoms with van der Waals surface area (Å²) in [7, 11) is 1.69. The monoisotopic (exact) mass is 347 g/mol. The number of hydrogen-bond acceptors (Lipinski definition) is 3. The molecular formula is C19H29N3O3. The summed E-state index contributed by atoms with van der Waals surface area (Å²) in [6.45, 7) is 5.72. The molecule has 3 rings (SSSR count). The van der Waals surface area contributed by atoms with E-state index in [2.05, 4.69) is 4.98 Å². The van der Waals surface area contributed by atoms with Crippen LogP contribution in [0.4, 0.5) is 0 Å². The van der Waals surface area contributed by atoms with Gasteiger partial charge in [-0.2, -0.15) is 0 Å². The molecule has 2 saturated heterocycles.